The van der Waals surface area contributed by atoms with E-state index in [9.17, 15) is 9.59 Å². The fourth-order valence-electron chi connectivity index (χ4n) is 3.17. The highest BCUT2D eigenvalue weighted by molar-refractivity contribution is 5.99. The number of nitrogens with zero attached hydrogens (tertiary/aromatic N) is 1. The first-order valence-electron chi connectivity index (χ1n) is 8.40. The Labute approximate surface area is 129 Å². The summed E-state index contributed by atoms with van der Waals surface area (Å²) < 4.78 is 0. The van der Waals surface area contributed by atoms with Crippen LogP contribution in [0, 0.1) is 11.8 Å². The van der Waals surface area contributed by atoms with E-state index in [1.807, 2.05) is 18.7 Å². The summed E-state index contributed by atoms with van der Waals surface area (Å²) in [4.78, 5) is 27.4. The van der Waals surface area contributed by atoms with E-state index in [-0.39, 0.29) is 17.9 Å². The molecule has 1 N–H and O–H groups in total. The van der Waals surface area contributed by atoms with E-state index in [1.54, 1.807) is 0 Å². The van der Waals surface area contributed by atoms with Gasteiger partial charge in [-0.3, -0.25) is 9.59 Å². The van der Waals surface area contributed by atoms with Crippen molar-refractivity contribution in [3.05, 3.63) is 0 Å². The summed E-state index contributed by atoms with van der Waals surface area (Å²) in [5.74, 6) is 1.05. The molecule has 0 aliphatic carbocycles. The average molecular weight is 296 g/mol. The molecule has 0 aromatic carbocycles. The maximum absolute atomic E-state index is 12.9. The summed E-state index contributed by atoms with van der Waals surface area (Å²) in [6.45, 7) is 13.2. The number of carbonyl (C=O) groups is 2. The van der Waals surface area contributed by atoms with Crippen LogP contribution in [0.3, 0.4) is 0 Å². The fraction of sp³-hybridized carbons (Fsp3) is 0.882. The van der Waals surface area contributed by atoms with Gasteiger partial charge in [0.25, 0.3) is 0 Å². The highest BCUT2D eigenvalue weighted by Gasteiger charge is 2.49. The molecule has 0 radical (unpaired) electrons. The van der Waals surface area contributed by atoms with Gasteiger partial charge in [-0.15, -0.1) is 0 Å². The molecule has 4 heteroatoms. The first kappa shape index (κ1) is 18.0. The Bertz CT molecular complexity index is 373. The maximum Gasteiger partial charge on any atom is 0.246 e. The lowest BCUT2D eigenvalue weighted by Gasteiger charge is -2.48. The average Bonchev–Trinajstić information content (AvgIpc) is 2.40. The Kier molecular flexibility index (Phi) is 6.24. The van der Waals surface area contributed by atoms with Crippen LogP contribution in [0.25, 0.3) is 0 Å². The van der Waals surface area contributed by atoms with E-state index in [4.69, 9.17) is 0 Å². The highest BCUT2D eigenvalue weighted by Crippen LogP contribution is 2.30. The number of carbonyl (C=O) groups excluding carboxylic acids is 2. The van der Waals surface area contributed by atoms with Gasteiger partial charge in [-0.2, -0.15) is 0 Å². The normalized spacial score (nSPS) is 22.1. The lowest BCUT2D eigenvalue weighted by atomic mass is 9.84. The first-order valence-corrected chi connectivity index (χ1v) is 8.40. The maximum atomic E-state index is 12.9. The van der Waals surface area contributed by atoms with Crippen LogP contribution in [0.5, 0.6) is 0 Å². The van der Waals surface area contributed by atoms with Crippen LogP contribution in [0.2, 0.25) is 0 Å². The van der Waals surface area contributed by atoms with Crippen LogP contribution in [-0.2, 0) is 9.59 Å². The number of nitrogens with one attached hydrogen (secondary N) is 1. The molecular weight excluding hydrogens is 264 g/mol. The van der Waals surface area contributed by atoms with Gasteiger partial charge in [0.15, 0.2) is 0 Å². The smallest absolute Gasteiger partial charge is 0.246 e. The van der Waals surface area contributed by atoms with Crippen molar-refractivity contribution < 1.29 is 9.59 Å². The zero-order valence-corrected chi connectivity index (χ0v) is 14.5. The molecular formula is C17H32N2O2. The second-order valence-electron chi connectivity index (χ2n) is 7.07. The van der Waals surface area contributed by atoms with Crippen molar-refractivity contribution in [1.29, 1.82) is 0 Å². The van der Waals surface area contributed by atoms with Gasteiger partial charge < -0.3 is 10.2 Å². The number of hydrogen-bond acceptors (Lipinski definition) is 2. The van der Waals surface area contributed by atoms with Crippen LogP contribution in [0.15, 0.2) is 0 Å². The monoisotopic (exact) mass is 296 g/mol. The Morgan fingerprint density at radius 2 is 1.67 bits per heavy atom. The minimum absolute atomic E-state index is 0.0292. The third-order valence-corrected chi connectivity index (χ3v) is 4.62. The van der Waals surface area contributed by atoms with Gasteiger partial charge in [0.1, 0.15) is 11.6 Å². The lowest BCUT2D eigenvalue weighted by molar-refractivity contribution is -0.159. The molecule has 1 saturated heterocycles. The van der Waals surface area contributed by atoms with Crippen LogP contribution >= 0.6 is 0 Å². The van der Waals surface area contributed by atoms with Crippen LogP contribution in [-0.4, -0.2) is 34.8 Å². The lowest BCUT2D eigenvalue weighted by Crippen LogP contribution is -2.70. The molecule has 4 nitrogen and oxygen atoms in total. The highest BCUT2D eigenvalue weighted by atomic mass is 16.2. The van der Waals surface area contributed by atoms with E-state index >= 15 is 0 Å². The number of amides is 2. The summed E-state index contributed by atoms with van der Waals surface area (Å²) in [6, 6.07) is -0.351. The number of rotatable bonds is 7. The van der Waals surface area contributed by atoms with E-state index in [0.717, 1.165) is 6.42 Å². The van der Waals surface area contributed by atoms with Gasteiger partial charge in [-0.05, 0) is 37.5 Å². The topological polar surface area (TPSA) is 49.4 Å². The van der Waals surface area contributed by atoms with Crippen molar-refractivity contribution in [2.45, 2.75) is 78.8 Å². The summed E-state index contributed by atoms with van der Waals surface area (Å²) >= 11 is 0. The first-order chi connectivity index (χ1) is 9.78. The largest absolute Gasteiger partial charge is 0.342 e. The van der Waals surface area contributed by atoms with Gasteiger partial charge in [0.2, 0.25) is 11.8 Å². The number of hydrogen-bond donors (Lipinski definition) is 1. The SMILES string of the molecule is CCC1(CC)C(=O)NC(CC(C)C)C(=O)N1CCC(C)C. The third kappa shape index (κ3) is 3.78. The van der Waals surface area contributed by atoms with E-state index < -0.39 is 5.54 Å². The van der Waals surface area contributed by atoms with Crippen LogP contribution in [0.1, 0.15) is 67.2 Å². The molecule has 1 fully saturated rings. The summed E-state index contributed by atoms with van der Waals surface area (Å²) in [7, 11) is 0. The van der Waals surface area contributed by atoms with E-state index in [0.29, 0.717) is 37.6 Å². The van der Waals surface area contributed by atoms with Crippen molar-refractivity contribution in [3.8, 4) is 0 Å². The van der Waals surface area contributed by atoms with Crippen LogP contribution in [0.4, 0.5) is 0 Å². The molecule has 1 unspecified atom stereocenters. The Morgan fingerprint density at radius 3 is 2.10 bits per heavy atom. The van der Waals surface area contributed by atoms with Crippen molar-refractivity contribution in [2.75, 3.05) is 6.54 Å². The van der Waals surface area contributed by atoms with E-state index in [1.165, 1.54) is 0 Å². The molecule has 2 amide bonds. The molecule has 0 saturated carbocycles. The van der Waals surface area contributed by atoms with Crippen LogP contribution < -0.4 is 5.32 Å². The fourth-order valence-corrected chi connectivity index (χ4v) is 3.17. The Balaban J connectivity index is 3.04. The predicted molar refractivity (Wildman–Crippen MR) is 85.9 cm³/mol. The van der Waals surface area contributed by atoms with Gasteiger partial charge in [-0.1, -0.05) is 41.5 Å². The van der Waals surface area contributed by atoms with Gasteiger partial charge in [0.05, 0.1) is 0 Å². The molecule has 1 heterocycles. The second-order valence-corrected chi connectivity index (χ2v) is 7.07. The molecule has 0 aromatic rings. The second kappa shape index (κ2) is 7.28. The van der Waals surface area contributed by atoms with Crippen molar-refractivity contribution in [1.82, 2.24) is 10.2 Å². The van der Waals surface area contributed by atoms with Crippen molar-refractivity contribution >= 4 is 11.8 Å². The third-order valence-electron chi connectivity index (χ3n) is 4.62. The molecule has 1 aliphatic heterocycles. The quantitative estimate of drug-likeness (QED) is 0.785. The summed E-state index contributed by atoms with van der Waals surface area (Å²) in [5, 5.41) is 2.98. The van der Waals surface area contributed by atoms with Gasteiger partial charge >= 0.3 is 0 Å². The Hall–Kier alpha value is -1.06. The van der Waals surface area contributed by atoms with E-state index in [2.05, 4.69) is 33.0 Å². The Morgan fingerprint density at radius 1 is 1.10 bits per heavy atom. The minimum atomic E-state index is -0.653. The van der Waals surface area contributed by atoms with Crippen molar-refractivity contribution in [3.63, 3.8) is 0 Å². The molecule has 1 rings (SSSR count). The number of piperazine rings is 1. The molecule has 1 atom stereocenters. The standard InChI is InChI=1S/C17H32N2O2/c1-7-17(8-2)16(21)18-14(11-13(5)6)15(20)19(17)10-9-12(3)4/h12-14H,7-11H2,1-6H3,(H,18,21). The van der Waals surface area contributed by atoms with Crippen molar-refractivity contribution in [2.24, 2.45) is 11.8 Å². The van der Waals surface area contributed by atoms with Gasteiger partial charge in [-0.25, -0.2) is 0 Å². The predicted octanol–water partition coefficient (Wildman–Crippen LogP) is 2.96. The zero-order chi connectivity index (χ0) is 16.2. The minimum Gasteiger partial charge on any atom is -0.342 e. The molecule has 1 aliphatic rings. The summed E-state index contributed by atoms with van der Waals surface area (Å²) in [5.41, 5.74) is -0.653. The molecule has 122 valence electrons. The summed E-state index contributed by atoms with van der Waals surface area (Å²) in [6.07, 6.45) is 3.00. The molecule has 21 heavy (non-hydrogen) atoms. The molecule has 0 spiro atoms. The molecule has 0 aromatic heterocycles. The zero-order valence-electron chi connectivity index (χ0n) is 14.5. The molecule has 0 bridgehead atoms. The van der Waals surface area contributed by atoms with Gasteiger partial charge in [0, 0.05) is 6.54 Å².